The van der Waals surface area contributed by atoms with Crippen LogP contribution in [0.5, 0.6) is 0 Å². The molecular weight excluding hydrogens is 245 g/mol. The summed E-state index contributed by atoms with van der Waals surface area (Å²) in [5.41, 5.74) is 0.420. The molecule has 3 heteroatoms. The van der Waals surface area contributed by atoms with Crippen LogP contribution in [0.4, 0.5) is 0 Å². The maximum absolute atomic E-state index is 5.64. The summed E-state index contributed by atoms with van der Waals surface area (Å²) in [4.78, 5) is 2.91. The summed E-state index contributed by atoms with van der Waals surface area (Å²) in [6, 6.07) is 1.54. The van der Waals surface area contributed by atoms with E-state index in [0.29, 0.717) is 11.6 Å². The Morgan fingerprint density at radius 3 is 2.55 bits per heavy atom. The molecule has 0 N–H and O–H groups in total. The van der Waals surface area contributed by atoms with E-state index in [1.807, 2.05) is 0 Å². The Hall–Kier alpha value is -0.0151. The van der Waals surface area contributed by atoms with E-state index in [0.717, 1.165) is 36.3 Å². The number of fused-ring (bicyclic) bond motifs is 1. The van der Waals surface area contributed by atoms with Crippen LogP contribution in [0.3, 0.4) is 0 Å². The molecule has 0 amide bonds. The molecule has 5 rings (SSSR count). The molecule has 112 valence electrons. The van der Waals surface area contributed by atoms with E-state index in [-0.39, 0.29) is 0 Å². The SMILES string of the molecule is CCC12BC(C1)C1CCC3(COC3)N(C(C)C)C1CC2. The van der Waals surface area contributed by atoms with Gasteiger partial charge in [0.25, 0.3) is 0 Å². The number of rotatable bonds is 2. The van der Waals surface area contributed by atoms with Crippen molar-refractivity contribution in [3.8, 4) is 0 Å². The summed E-state index contributed by atoms with van der Waals surface area (Å²) >= 11 is 0. The van der Waals surface area contributed by atoms with Crippen LogP contribution >= 0.6 is 0 Å². The lowest BCUT2D eigenvalue weighted by Gasteiger charge is -2.61. The van der Waals surface area contributed by atoms with E-state index in [1.165, 1.54) is 32.1 Å². The fraction of sp³-hybridized carbons (Fsp3) is 1.00. The maximum atomic E-state index is 5.64. The molecule has 5 fully saturated rings. The van der Waals surface area contributed by atoms with Gasteiger partial charge in [-0.05, 0) is 39.0 Å². The zero-order valence-electron chi connectivity index (χ0n) is 13.5. The Morgan fingerprint density at radius 2 is 2.00 bits per heavy atom. The fourth-order valence-electron chi connectivity index (χ4n) is 6.26. The van der Waals surface area contributed by atoms with Crippen molar-refractivity contribution in [2.24, 2.45) is 5.92 Å². The second-order valence-corrected chi connectivity index (χ2v) is 8.55. The number of nitrogens with zero attached hydrogens (tertiary/aromatic N) is 1. The summed E-state index contributed by atoms with van der Waals surface area (Å²) in [5.74, 6) is 2.04. The third-order valence-electron chi connectivity index (χ3n) is 7.36. The number of piperidine rings is 1. The molecule has 0 aromatic rings. The molecule has 4 heterocycles. The average molecular weight is 275 g/mol. The van der Waals surface area contributed by atoms with E-state index in [2.05, 4.69) is 25.7 Å². The van der Waals surface area contributed by atoms with E-state index in [9.17, 15) is 0 Å². The fourth-order valence-corrected chi connectivity index (χ4v) is 6.26. The number of ether oxygens (including phenoxy) is 1. The first-order valence-corrected chi connectivity index (χ1v) is 8.95. The normalized spacial score (nSPS) is 46.1. The molecular formula is C17H30BNO. The maximum Gasteiger partial charge on any atom is 0.131 e. The lowest BCUT2D eigenvalue weighted by Crippen LogP contribution is -2.70. The van der Waals surface area contributed by atoms with Crippen LogP contribution in [0.1, 0.15) is 59.3 Å². The molecule has 4 saturated heterocycles. The summed E-state index contributed by atoms with van der Waals surface area (Å²) in [5, 5.41) is 0.744. The Labute approximate surface area is 124 Å². The van der Waals surface area contributed by atoms with Gasteiger partial charge in [-0.25, -0.2) is 0 Å². The minimum atomic E-state index is 0.420. The Balaban J connectivity index is 1.62. The van der Waals surface area contributed by atoms with Gasteiger partial charge in [-0.3, -0.25) is 4.90 Å². The van der Waals surface area contributed by atoms with Gasteiger partial charge in [0.1, 0.15) is 7.28 Å². The van der Waals surface area contributed by atoms with Gasteiger partial charge >= 0.3 is 0 Å². The van der Waals surface area contributed by atoms with Crippen LogP contribution in [0, 0.1) is 5.92 Å². The van der Waals surface area contributed by atoms with Gasteiger partial charge in [-0.15, -0.1) is 0 Å². The first kappa shape index (κ1) is 13.6. The minimum absolute atomic E-state index is 0.420. The average Bonchev–Trinajstić information content (AvgIpc) is 2.60. The van der Waals surface area contributed by atoms with Crippen LogP contribution < -0.4 is 0 Å². The molecule has 1 saturated carbocycles. The molecule has 20 heavy (non-hydrogen) atoms. The van der Waals surface area contributed by atoms with Crippen LogP contribution in [-0.4, -0.2) is 43.0 Å². The van der Waals surface area contributed by atoms with Crippen molar-refractivity contribution in [2.75, 3.05) is 13.2 Å². The van der Waals surface area contributed by atoms with Crippen LogP contribution in [0.2, 0.25) is 11.1 Å². The zero-order valence-corrected chi connectivity index (χ0v) is 13.5. The number of hydrogen-bond acceptors (Lipinski definition) is 2. The molecule has 4 aliphatic heterocycles. The summed E-state index contributed by atoms with van der Waals surface area (Å²) in [6.07, 6.45) is 8.76. The van der Waals surface area contributed by atoms with E-state index >= 15 is 0 Å². The topological polar surface area (TPSA) is 12.5 Å². The molecule has 1 spiro atoms. The van der Waals surface area contributed by atoms with Crippen molar-refractivity contribution in [3.63, 3.8) is 0 Å². The standard InChI is InChI=1S/C17H30BNO/c1-4-16-7-6-15-13(14(9-16)18-16)5-8-17(10-20-11-17)19(15)12(2)3/h12-15,18H,4-11H2,1-3H3. The van der Waals surface area contributed by atoms with Gasteiger partial charge in [0.05, 0.1) is 18.8 Å². The van der Waals surface area contributed by atoms with Gasteiger partial charge < -0.3 is 4.74 Å². The monoisotopic (exact) mass is 275 g/mol. The predicted molar refractivity (Wildman–Crippen MR) is 84.8 cm³/mol. The van der Waals surface area contributed by atoms with Crippen LogP contribution in [0.15, 0.2) is 0 Å². The Bertz CT molecular complexity index is 386. The van der Waals surface area contributed by atoms with Gasteiger partial charge in [0, 0.05) is 12.1 Å². The quantitative estimate of drug-likeness (QED) is 0.717. The largest absolute Gasteiger partial charge is 0.377 e. The second kappa shape index (κ2) is 4.49. The van der Waals surface area contributed by atoms with Crippen molar-refractivity contribution in [1.82, 2.24) is 4.90 Å². The van der Waals surface area contributed by atoms with E-state index in [1.54, 1.807) is 13.7 Å². The number of likely N-dealkylation sites (tertiary alicyclic amines) is 1. The highest BCUT2D eigenvalue weighted by Crippen LogP contribution is 2.64. The first-order valence-electron chi connectivity index (χ1n) is 8.95. The Morgan fingerprint density at radius 1 is 1.25 bits per heavy atom. The molecule has 1 aliphatic carbocycles. The highest BCUT2D eigenvalue weighted by Gasteiger charge is 2.59. The highest BCUT2D eigenvalue weighted by molar-refractivity contribution is 6.46. The van der Waals surface area contributed by atoms with Gasteiger partial charge in [-0.2, -0.15) is 0 Å². The molecule has 5 aliphatic rings. The molecule has 2 bridgehead atoms. The van der Waals surface area contributed by atoms with Gasteiger partial charge in [0.15, 0.2) is 0 Å². The smallest absolute Gasteiger partial charge is 0.131 e. The molecule has 0 aromatic heterocycles. The van der Waals surface area contributed by atoms with E-state index < -0.39 is 0 Å². The van der Waals surface area contributed by atoms with Gasteiger partial charge in [0.2, 0.25) is 0 Å². The number of hydrogen-bond donors (Lipinski definition) is 0. The molecule has 0 radical (unpaired) electrons. The first-order chi connectivity index (χ1) is 9.59. The van der Waals surface area contributed by atoms with E-state index in [4.69, 9.17) is 4.74 Å². The van der Waals surface area contributed by atoms with Crippen molar-refractivity contribution in [3.05, 3.63) is 0 Å². The Kier molecular flexibility index (Phi) is 3.06. The summed E-state index contributed by atoms with van der Waals surface area (Å²) in [6.45, 7) is 9.24. The lowest BCUT2D eigenvalue weighted by molar-refractivity contribution is -0.194. The van der Waals surface area contributed by atoms with Crippen molar-refractivity contribution >= 4 is 7.28 Å². The molecule has 4 unspecified atom stereocenters. The van der Waals surface area contributed by atoms with Gasteiger partial charge in [-0.1, -0.05) is 37.3 Å². The highest BCUT2D eigenvalue weighted by atomic mass is 16.5. The second-order valence-electron chi connectivity index (χ2n) is 8.55. The summed E-state index contributed by atoms with van der Waals surface area (Å²) < 4.78 is 5.64. The van der Waals surface area contributed by atoms with Crippen LogP contribution in [0.25, 0.3) is 0 Å². The summed E-state index contributed by atoms with van der Waals surface area (Å²) in [7, 11) is 1.54. The predicted octanol–water partition coefficient (Wildman–Crippen LogP) is 3.24. The third kappa shape index (κ3) is 1.72. The zero-order chi connectivity index (χ0) is 14.0. The minimum Gasteiger partial charge on any atom is -0.377 e. The lowest BCUT2D eigenvalue weighted by atomic mass is 9.29. The van der Waals surface area contributed by atoms with Crippen molar-refractivity contribution in [2.45, 2.75) is 88.1 Å². The van der Waals surface area contributed by atoms with Crippen LogP contribution in [-0.2, 0) is 4.74 Å². The third-order valence-corrected chi connectivity index (χ3v) is 7.36. The van der Waals surface area contributed by atoms with Crippen molar-refractivity contribution < 1.29 is 4.74 Å². The molecule has 4 atom stereocenters. The molecule has 2 nitrogen and oxygen atoms in total. The van der Waals surface area contributed by atoms with Crippen molar-refractivity contribution in [1.29, 1.82) is 0 Å². The molecule has 0 aromatic carbocycles.